The highest BCUT2D eigenvalue weighted by Gasteiger charge is 2.20. The minimum Gasteiger partial charge on any atom is -0.386 e. The SMILES string of the molecule is N#C/C(=C/NCc1cccc(Br)c1)C(=O)N1CCOCC1. The summed E-state index contributed by atoms with van der Waals surface area (Å²) in [7, 11) is 0. The van der Waals surface area contributed by atoms with Crippen LogP contribution in [0.25, 0.3) is 0 Å². The Morgan fingerprint density at radius 1 is 1.48 bits per heavy atom. The van der Waals surface area contributed by atoms with Crippen molar-refractivity contribution in [1.82, 2.24) is 10.2 Å². The maximum atomic E-state index is 12.2. The molecular formula is C15H16BrN3O2. The van der Waals surface area contributed by atoms with Crippen LogP contribution in [-0.2, 0) is 16.1 Å². The van der Waals surface area contributed by atoms with Crippen LogP contribution in [0.3, 0.4) is 0 Å². The van der Waals surface area contributed by atoms with Gasteiger partial charge in [0, 0.05) is 30.3 Å². The zero-order chi connectivity index (χ0) is 15.1. The fraction of sp³-hybridized carbons (Fsp3) is 0.333. The van der Waals surface area contributed by atoms with Crippen molar-refractivity contribution >= 4 is 21.8 Å². The van der Waals surface area contributed by atoms with Crippen molar-refractivity contribution in [2.75, 3.05) is 26.3 Å². The molecule has 1 aromatic rings. The highest BCUT2D eigenvalue weighted by molar-refractivity contribution is 9.10. The molecule has 110 valence electrons. The Bertz CT molecular complexity index is 575. The van der Waals surface area contributed by atoms with E-state index in [1.807, 2.05) is 30.3 Å². The number of rotatable bonds is 4. The summed E-state index contributed by atoms with van der Waals surface area (Å²) in [6.07, 6.45) is 1.48. The number of morpholine rings is 1. The molecular weight excluding hydrogens is 334 g/mol. The molecule has 2 rings (SSSR count). The third kappa shape index (κ3) is 4.59. The van der Waals surface area contributed by atoms with E-state index < -0.39 is 0 Å². The number of amides is 1. The second kappa shape index (κ2) is 7.81. The number of nitrogens with zero attached hydrogens (tertiary/aromatic N) is 2. The first-order valence-corrected chi connectivity index (χ1v) is 7.45. The van der Waals surface area contributed by atoms with Crippen LogP contribution in [0, 0.1) is 11.3 Å². The lowest BCUT2D eigenvalue weighted by molar-refractivity contribution is -0.130. The van der Waals surface area contributed by atoms with Gasteiger partial charge in [-0.2, -0.15) is 5.26 Å². The molecule has 1 heterocycles. The normalized spacial score (nSPS) is 15.4. The molecule has 0 atom stereocenters. The van der Waals surface area contributed by atoms with Gasteiger partial charge in [-0.25, -0.2) is 0 Å². The Balaban J connectivity index is 1.94. The smallest absolute Gasteiger partial charge is 0.266 e. The monoisotopic (exact) mass is 349 g/mol. The van der Waals surface area contributed by atoms with Gasteiger partial charge >= 0.3 is 0 Å². The van der Waals surface area contributed by atoms with Crippen LogP contribution in [0.2, 0.25) is 0 Å². The van der Waals surface area contributed by atoms with E-state index in [4.69, 9.17) is 10.00 Å². The van der Waals surface area contributed by atoms with Gasteiger partial charge in [0.25, 0.3) is 5.91 Å². The molecule has 0 aromatic heterocycles. The zero-order valence-corrected chi connectivity index (χ0v) is 13.1. The summed E-state index contributed by atoms with van der Waals surface area (Å²) in [4.78, 5) is 13.8. The van der Waals surface area contributed by atoms with E-state index in [-0.39, 0.29) is 11.5 Å². The highest BCUT2D eigenvalue weighted by atomic mass is 79.9. The first-order chi connectivity index (χ1) is 10.2. The second-order valence-corrected chi connectivity index (χ2v) is 5.50. The van der Waals surface area contributed by atoms with Crippen LogP contribution in [0.1, 0.15) is 5.56 Å². The largest absolute Gasteiger partial charge is 0.386 e. The van der Waals surface area contributed by atoms with E-state index in [2.05, 4.69) is 21.2 Å². The van der Waals surface area contributed by atoms with E-state index in [1.54, 1.807) is 4.90 Å². The Hall–Kier alpha value is -1.84. The maximum absolute atomic E-state index is 12.2. The molecule has 0 spiro atoms. The lowest BCUT2D eigenvalue weighted by Crippen LogP contribution is -2.41. The third-order valence-electron chi connectivity index (χ3n) is 3.09. The average Bonchev–Trinajstić information content (AvgIpc) is 2.52. The van der Waals surface area contributed by atoms with Crippen LogP contribution in [0.5, 0.6) is 0 Å². The second-order valence-electron chi connectivity index (χ2n) is 4.59. The van der Waals surface area contributed by atoms with Crippen molar-refractivity contribution in [1.29, 1.82) is 5.26 Å². The molecule has 0 bridgehead atoms. The quantitative estimate of drug-likeness (QED) is 0.664. The number of carbonyl (C=O) groups is 1. The zero-order valence-electron chi connectivity index (χ0n) is 11.5. The molecule has 0 unspecified atom stereocenters. The molecule has 0 aliphatic carbocycles. The number of hydrogen-bond acceptors (Lipinski definition) is 4. The van der Waals surface area contributed by atoms with Crippen LogP contribution in [0.4, 0.5) is 0 Å². The van der Waals surface area contributed by atoms with Gasteiger partial charge in [0.05, 0.1) is 13.2 Å². The van der Waals surface area contributed by atoms with Gasteiger partial charge < -0.3 is 15.0 Å². The molecule has 21 heavy (non-hydrogen) atoms. The Labute approximate surface area is 132 Å². The molecule has 0 radical (unpaired) electrons. The molecule has 6 heteroatoms. The van der Waals surface area contributed by atoms with Gasteiger partial charge in [0.15, 0.2) is 0 Å². The Morgan fingerprint density at radius 3 is 2.90 bits per heavy atom. The van der Waals surface area contributed by atoms with Crippen LogP contribution >= 0.6 is 15.9 Å². The molecule has 1 aliphatic rings. The standard InChI is InChI=1S/C15H16BrN3O2/c16-14-3-1-2-12(8-14)10-18-11-13(9-17)15(20)19-4-6-21-7-5-19/h1-3,8,11,18H,4-7,10H2/b13-11-. The summed E-state index contributed by atoms with van der Waals surface area (Å²) < 4.78 is 6.19. The van der Waals surface area contributed by atoms with Crippen molar-refractivity contribution in [3.05, 3.63) is 46.1 Å². The first kappa shape index (κ1) is 15.5. The van der Waals surface area contributed by atoms with Crippen molar-refractivity contribution in [3.8, 4) is 6.07 Å². The van der Waals surface area contributed by atoms with Crippen LogP contribution in [-0.4, -0.2) is 37.1 Å². The average molecular weight is 350 g/mol. The van der Waals surface area contributed by atoms with Gasteiger partial charge in [-0.05, 0) is 17.7 Å². The van der Waals surface area contributed by atoms with Crippen LogP contribution < -0.4 is 5.32 Å². The summed E-state index contributed by atoms with van der Waals surface area (Å²) in [5, 5.41) is 12.1. The molecule has 1 fully saturated rings. The molecule has 1 aromatic carbocycles. The summed E-state index contributed by atoms with van der Waals surface area (Å²) in [5.74, 6) is -0.248. The molecule has 1 aliphatic heterocycles. The van der Waals surface area contributed by atoms with Crippen molar-refractivity contribution in [2.45, 2.75) is 6.54 Å². The van der Waals surface area contributed by atoms with E-state index in [0.29, 0.717) is 32.8 Å². The fourth-order valence-electron chi connectivity index (χ4n) is 2.00. The van der Waals surface area contributed by atoms with E-state index in [0.717, 1.165) is 10.0 Å². The number of nitriles is 1. The third-order valence-corrected chi connectivity index (χ3v) is 3.58. The lowest BCUT2D eigenvalue weighted by Gasteiger charge is -2.26. The van der Waals surface area contributed by atoms with Crippen molar-refractivity contribution in [3.63, 3.8) is 0 Å². The minimum absolute atomic E-state index is 0.117. The van der Waals surface area contributed by atoms with Crippen LogP contribution in [0.15, 0.2) is 40.5 Å². The Kier molecular flexibility index (Phi) is 5.78. The van der Waals surface area contributed by atoms with E-state index in [9.17, 15) is 4.79 Å². The van der Waals surface area contributed by atoms with Crippen molar-refractivity contribution in [2.24, 2.45) is 0 Å². The van der Waals surface area contributed by atoms with Gasteiger partial charge in [-0.15, -0.1) is 0 Å². The van der Waals surface area contributed by atoms with Gasteiger partial charge in [0.1, 0.15) is 11.6 Å². The summed E-state index contributed by atoms with van der Waals surface area (Å²) >= 11 is 3.40. The summed E-state index contributed by atoms with van der Waals surface area (Å²) in [6, 6.07) is 9.80. The molecule has 1 N–H and O–H groups in total. The number of benzene rings is 1. The van der Waals surface area contributed by atoms with Gasteiger partial charge in [-0.1, -0.05) is 28.1 Å². The summed E-state index contributed by atoms with van der Waals surface area (Å²) in [5.41, 5.74) is 1.18. The molecule has 0 saturated carbocycles. The topological polar surface area (TPSA) is 65.4 Å². The summed E-state index contributed by atoms with van der Waals surface area (Å²) in [6.45, 7) is 2.67. The highest BCUT2D eigenvalue weighted by Crippen LogP contribution is 2.11. The number of hydrogen-bond donors (Lipinski definition) is 1. The first-order valence-electron chi connectivity index (χ1n) is 6.66. The maximum Gasteiger partial charge on any atom is 0.266 e. The molecule has 1 saturated heterocycles. The number of nitrogens with one attached hydrogen (secondary N) is 1. The van der Waals surface area contributed by atoms with Crippen molar-refractivity contribution < 1.29 is 9.53 Å². The fourth-order valence-corrected chi connectivity index (χ4v) is 2.44. The van der Waals surface area contributed by atoms with Gasteiger partial charge in [0.2, 0.25) is 0 Å². The van der Waals surface area contributed by atoms with E-state index in [1.165, 1.54) is 6.20 Å². The predicted octanol–water partition coefficient (Wildman–Crippen LogP) is 1.80. The number of halogens is 1. The lowest BCUT2D eigenvalue weighted by atomic mass is 10.2. The van der Waals surface area contributed by atoms with E-state index >= 15 is 0 Å². The molecule has 5 nitrogen and oxygen atoms in total. The predicted molar refractivity (Wildman–Crippen MR) is 82.1 cm³/mol. The number of carbonyl (C=O) groups excluding carboxylic acids is 1. The number of ether oxygens (including phenoxy) is 1. The molecule has 1 amide bonds. The minimum atomic E-state index is -0.248. The Morgan fingerprint density at radius 2 is 2.24 bits per heavy atom. The van der Waals surface area contributed by atoms with Gasteiger partial charge in [-0.3, -0.25) is 4.79 Å².